The van der Waals surface area contributed by atoms with E-state index >= 15 is 0 Å². The Hall–Kier alpha value is -3.36. The van der Waals surface area contributed by atoms with Gasteiger partial charge in [0.15, 0.2) is 5.82 Å². The summed E-state index contributed by atoms with van der Waals surface area (Å²) in [5.41, 5.74) is 3.29. The maximum Gasteiger partial charge on any atom is 0.255 e. The normalized spacial score (nSPS) is 13.9. The van der Waals surface area contributed by atoms with Crippen LogP contribution in [-0.4, -0.2) is 46.6 Å². The Bertz CT molecular complexity index is 1190. The van der Waals surface area contributed by atoms with Gasteiger partial charge in [-0.2, -0.15) is 0 Å². The van der Waals surface area contributed by atoms with Crippen molar-refractivity contribution in [2.24, 2.45) is 0 Å². The molecule has 0 unspecified atom stereocenters. The number of rotatable bonds is 6. The van der Waals surface area contributed by atoms with E-state index in [2.05, 4.69) is 20.2 Å². The van der Waals surface area contributed by atoms with Crippen LogP contribution in [0.3, 0.4) is 0 Å². The molecule has 4 aromatic rings. The summed E-state index contributed by atoms with van der Waals surface area (Å²) in [5, 5.41) is 3.01. The van der Waals surface area contributed by atoms with Crippen molar-refractivity contribution in [3.63, 3.8) is 0 Å². The highest BCUT2D eigenvalue weighted by atomic mass is 32.2. The van der Waals surface area contributed by atoms with E-state index in [1.54, 1.807) is 18.0 Å². The molecule has 0 saturated carbocycles. The van der Waals surface area contributed by atoms with Crippen molar-refractivity contribution in [2.45, 2.75) is 10.6 Å². The fourth-order valence-electron chi connectivity index (χ4n) is 3.63. The molecular weight excluding hydrogens is 422 g/mol. The fourth-order valence-corrected chi connectivity index (χ4v) is 4.41. The molecule has 32 heavy (non-hydrogen) atoms. The zero-order valence-corrected chi connectivity index (χ0v) is 18.3. The van der Waals surface area contributed by atoms with E-state index in [-0.39, 0.29) is 5.91 Å². The van der Waals surface area contributed by atoms with Gasteiger partial charge in [0.05, 0.1) is 24.6 Å². The number of imidazole rings is 1. The Morgan fingerprint density at radius 2 is 1.91 bits per heavy atom. The zero-order chi connectivity index (χ0) is 21.8. The third-order valence-electron chi connectivity index (χ3n) is 5.26. The summed E-state index contributed by atoms with van der Waals surface area (Å²) >= 11 is 1.70. The summed E-state index contributed by atoms with van der Waals surface area (Å²) in [6.45, 7) is 2.85. The van der Waals surface area contributed by atoms with Crippen LogP contribution in [0.5, 0.6) is 0 Å². The van der Waals surface area contributed by atoms with Gasteiger partial charge in [-0.25, -0.2) is 9.97 Å². The number of fused-ring (bicyclic) bond motifs is 1. The van der Waals surface area contributed by atoms with Crippen molar-refractivity contribution < 1.29 is 9.53 Å². The number of anilines is 2. The number of hydrogen-bond donors (Lipinski definition) is 1. The van der Waals surface area contributed by atoms with Crippen LogP contribution in [-0.2, 0) is 10.5 Å². The third-order valence-corrected chi connectivity index (χ3v) is 6.31. The van der Waals surface area contributed by atoms with Gasteiger partial charge in [-0.15, -0.1) is 11.8 Å². The first kappa shape index (κ1) is 20.5. The topological polar surface area (TPSA) is 71.8 Å². The van der Waals surface area contributed by atoms with Crippen molar-refractivity contribution in [2.75, 3.05) is 36.5 Å². The molecular formula is C24H23N5O2S. The van der Waals surface area contributed by atoms with E-state index in [0.717, 1.165) is 40.9 Å². The van der Waals surface area contributed by atoms with Gasteiger partial charge >= 0.3 is 0 Å². The highest BCUT2D eigenvalue weighted by Gasteiger charge is 2.17. The first-order valence-electron chi connectivity index (χ1n) is 10.5. The van der Waals surface area contributed by atoms with Gasteiger partial charge in [0.1, 0.15) is 5.65 Å². The van der Waals surface area contributed by atoms with Crippen LogP contribution in [0.1, 0.15) is 16.1 Å². The second-order valence-electron chi connectivity index (χ2n) is 7.44. The molecule has 5 rings (SSSR count). The Kier molecular flexibility index (Phi) is 6.04. The lowest BCUT2D eigenvalue weighted by atomic mass is 10.2. The quantitative estimate of drug-likeness (QED) is 0.451. The van der Waals surface area contributed by atoms with Crippen LogP contribution >= 0.6 is 11.8 Å². The van der Waals surface area contributed by atoms with Gasteiger partial charge in [0, 0.05) is 47.9 Å². The number of nitrogens with zero attached hydrogens (tertiary/aromatic N) is 4. The molecule has 1 aliphatic rings. The van der Waals surface area contributed by atoms with Crippen molar-refractivity contribution in [1.82, 2.24) is 14.4 Å². The number of benzene rings is 1. The Morgan fingerprint density at radius 1 is 1.06 bits per heavy atom. The largest absolute Gasteiger partial charge is 0.378 e. The number of ether oxygens (including phenoxy) is 1. The van der Waals surface area contributed by atoms with E-state index in [0.29, 0.717) is 24.5 Å². The molecule has 0 radical (unpaired) electrons. The van der Waals surface area contributed by atoms with Crippen LogP contribution in [0.15, 0.2) is 78.1 Å². The van der Waals surface area contributed by atoms with Gasteiger partial charge < -0.3 is 19.4 Å². The fraction of sp³-hybridized carbons (Fsp3) is 0.208. The molecule has 0 spiro atoms. The Labute approximate surface area is 190 Å². The minimum absolute atomic E-state index is 0.149. The van der Waals surface area contributed by atoms with E-state index in [1.165, 1.54) is 0 Å². The highest BCUT2D eigenvalue weighted by molar-refractivity contribution is 7.98. The first-order chi connectivity index (χ1) is 15.8. The van der Waals surface area contributed by atoms with Crippen LogP contribution in [0.4, 0.5) is 11.5 Å². The number of thioether (sulfide) groups is 1. The van der Waals surface area contributed by atoms with Crippen molar-refractivity contribution in [1.29, 1.82) is 0 Å². The Morgan fingerprint density at radius 3 is 2.72 bits per heavy atom. The summed E-state index contributed by atoms with van der Waals surface area (Å²) in [6.07, 6.45) is 5.79. The number of carbonyl (C=O) groups excluding carboxylic acids is 1. The van der Waals surface area contributed by atoms with Crippen molar-refractivity contribution in [3.8, 4) is 0 Å². The second kappa shape index (κ2) is 9.42. The molecule has 0 bridgehead atoms. The summed E-state index contributed by atoms with van der Waals surface area (Å²) < 4.78 is 7.44. The lowest BCUT2D eigenvalue weighted by molar-refractivity contribution is 0.102. The predicted octanol–water partition coefficient (Wildman–Crippen LogP) is 4.11. The SMILES string of the molecule is O=C(Nc1cccnc1N1CCOCC1)c1ccc(SCc2cn3ccccc3n2)cc1. The minimum atomic E-state index is -0.149. The summed E-state index contributed by atoms with van der Waals surface area (Å²) in [7, 11) is 0. The molecule has 1 aliphatic heterocycles. The summed E-state index contributed by atoms with van der Waals surface area (Å²) in [5.74, 6) is 1.40. The highest BCUT2D eigenvalue weighted by Crippen LogP contribution is 2.26. The van der Waals surface area contributed by atoms with Crippen LogP contribution in [0.25, 0.3) is 5.65 Å². The summed E-state index contributed by atoms with van der Waals surface area (Å²) in [6, 6.07) is 17.3. The Balaban J connectivity index is 1.23. The number of nitrogens with one attached hydrogen (secondary N) is 1. The molecule has 0 atom stereocenters. The lowest BCUT2D eigenvalue weighted by Gasteiger charge is -2.29. The number of amides is 1. The molecule has 162 valence electrons. The molecule has 1 amide bonds. The molecule has 7 nitrogen and oxygen atoms in total. The van der Waals surface area contributed by atoms with E-state index in [1.807, 2.05) is 71.4 Å². The van der Waals surface area contributed by atoms with Gasteiger partial charge in [0.2, 0.25) is 0 Å². The lowest BCUT2D eigenvalue weighted by Crippen LogP contribution is -2.37. The van der Waals surface area contributed by atoms with Gasteiger partial charge in [0.25, 0.3) is 5.91 Å². The van der Waals surface area contributed by atoms with Crippen LogP contribution in [0, 0.1) is 0 Å². The molecule has 0 aliphatic carbocycles. The summed E-state index contributed by atoms with van der Waals surface area (Å²) in [4.78, 5) is 25.2. The van der Waals surface area contributed by atoms with Crippen LogP contribution < -0.4 is 10.2 Å². The number of morpholine rings is 1. The van der Waals surface area contributed by atoms with E-state index in [4.69, 9.17) is 4.74 Å². The number of carbonyl (C=O) groups is 1. The molecule has 4 heterocycles. The molecule has 1 N–H and O–H groups in total. The standard InChI is InChI=1S/C24H23N5O2S/c30-24(27-21-4-3-10-25-23(21)28-12-14-31-15-13-28)18-6-8-20(9-7-18)32-17-19-16-29-11-2-1-5-22(29)26-19/h1-11,16H,12-15,17H2,(H,27,30). The molecule has 1 aromatic carbocycles. The van der Waals surface area contributed by atoms with Crippen LogP contribution in [0.2, 0.25) is 0 Å². The maximum atomic E-state index is 12.8. The maximum absolute atomic E-state index is 12.8. The number of hydrogen-bond acceptors (Lipinski definition) is 6. The third kappa shape index (κ3) is 4.61. The average Bonchev–Trinajstić information content (AvgIpc) is 3.27. The molecule has 3 aromatic heterocycles. The van der Waals surface area contributed by atoms with E-state index < -0.39 is 0 Å². The van der Waals surface area contributed by atoms with Gasteiger partial charge in [-0.1, -0.05) is 6.07 Å². The molecule has 8 heteroatoms. The van der Waals surface area contributed by atoms with Crippen molar-refractivity contribution >= 4 is 34.8 Å². The molecule has 1 saturated heterocycles. The average molecular weight is 446 g/mol. The monoisotopic (exact) mass is 445 g/mol. The number of pyridine rings is 2. The van der Waals surface area contributed by atoms with Gasteiger partial charge in [-0.05, 0) is 48.5 Å². The zero-order valence-electron chi connectivity index (χ0n) is 17.5. The van der Waals surface area contributed by atoms with E-state index in [9.17, 15) is 4.79 Å². The minimum Gasteiger partial charge on any atom is -0.378 e. The number of aromatic nitrogens is 3. The first-order valence-corrected chi connectivity index (χ1v) is 11.5. The molecule has 1 fully saturated rings. The smallest absolute Gasteiger partial charge is 0.255 e. The second-order valence-corrected chi connectivity index (χ2v) is 8.49. The van der Waals surface area contributed by atoms with Gasteiger partial charge in [-0.3, -0.25) is 4.79 Å². The predicted molar refractivity (Wildman–Crippen MR) is 126 cm³/mol. The van der Waals surface area contributed by atoms with Crippen molar-refractivity contribution in [3.05, 3.63) is 84.4 Å².